The number of aliphatic hydroxyl groups is 1. The van der Waals surface area contributed by atoms with Gasteiger partial charge in [0.25, 0.3) is 0 Å². The zero-order chi connectivity index (χ0) is 15.6. The van der Waals surface area contributed by atoms with Crippen molar-refractivity contribution in [3.8, 4) is 0 Å². The first kappa shape index (κ1) is 16.9. The fraction of sp³-hybridized carbons (Fsp3) is 0.455. The lowest BCUT2D eigenvalue weighted by atomic mass is 10.1. The van der Waals surface area contributed by atoms with Gasteiger partial charge in [0.05, 0.1) is 4.90 Å². The van der Waals surface area contributed by atoms with Crippen molar-refractivity contribution >= 4 is 10.0 Å². The molecule has 0 fully saturated rings. The number of aliphatic hydroxyl groups excluding tert-OH is 1. The maximum absolute atomic E-state index is 12.1. The molecule has 0 amide bonds. The maximum atomic E-state index is 12.1. The number of rotatable bonds is 5. The van der Waals surface area contributed by atoms with Gasteiger partial charge in [0.2, 0.25) is 10.0 Å². The Labute approximate surface area is 114 Å². The SMILES string of the molecule is CC(NCC(O)C(F)(F)F)c1ccc(S(N)(=O)=O)cc1. The molecule has 1 aromatic rings. The summed E-state index contributed by atoms with van der Waals surface area (Å²) in [5.74, 6) is 0. The van der Waals surface area contributed by atoms with E-state index in [9.17, 15) is 21.6 Å². The Hall–Kier alpha value is -1.16. The lowest BCUT2D eigenvalue weighted by Gasteiger charge is -2.19. The van der Waals surface area contributed by atoms with E-state index in [1.807, 2.05) is 0 Å². The summed E-state index contributed by atoms with van der Waals surface area (Å²) in [4.78, 5) is -0.0798. The molecule has 4 N–H and O–H groups in total. The van der Waals surface area contributed by atoms with E-state index >= 15 is 0 Å². The minimum Gasteiger partial charge on any atom is -0.382 e. The first-order valence-corrected chi connectivity index (χ1v) is 7.17. The predicted molar refractivity (Wildman–Crippen MR) is 66.3 cm³/mol. The number of primary sulfonamides is 1. The van der Waals surface area contributed by atoms with E-state index in [4.69, 9.17) is 10.2 Å². The van der Waals surface area contributed by atoms with Crippen LogP contribution >= 0.6 is 0 Å². The Bertz CT molecular complexity index is 543. The van der Waals surface area contributed by atoms with E-state index in [1.54, 1.807) is 6.92 Å². The summed E-state index contributed by atoms with van der Waals surface area (Å²) in [6.07, 6.45) is -7.13. The summed E-state index contributed by atoms with van der Waals surface area (Å²) in [6, 6.07) is 4.93. The zero-order valence-electron chi connectivity index (χ0n) is 10.6. The van der Waals surface area contributed by atoms with Gasteiger partial charge in [-0.2, -0.15) is 13.2 Å². The van der Waals surface area contributed by atoms with Crippen LogP contribution in [0.5, 0.6) is 0 Å². The van der Waals surface area contributed by atoms with Crippen LogP contribution in [0.4, 0.5) is 13.2 Å². The third-order valence-electron chi connectivity index (χ3n) is 2.70. The Kier molecular flexibility index (Phi) is 5.14. The van der Waals surface area contributed by atoms with E-state index < -0.39 is 34.9 Å². The third-order valence-corrected chi connectivity index (χ3v) is 3.63. The van der Waals surface area contributed by atoms with Crippen molar-refractivity contribution in [3.63, 3.8) is 0 Å². The number of sulfonamides is 1. The lowest BCUT2D eigenvalue weighted by Crippen LogP contribution is -2.39. The molecular formula is C11H15F3N2O3S. The number of nitrogens with one attached hydrogen (secondary N) is 1. The number of hydrogen-bond donors (Lipinski definition) is 3. The molecule has 2 unspecified atom stereocenters. The van der Waals surface area contributed by atoms with Gasteiger partial charge in [0.15, 0.2) is 6.10 Å². The molecule has 0 saturated carbocycles. The molecule has 0 spiro atoms. The van der Waals surface area contributed by atoms with Crippen LogP contribution in [0.3, 0.4) is 0 Å². The van der Waals surface area contributed by atoms with Crippen molar-refractivity contribution in [2.24, 2.45) is 5.14 Å². The monoisotopic (exact) mass is 312 g/mol. The lowest BCUT2D eigenvalue weighted by molar-refractivity contribution is -0.202. The van der Waals surface area contributed by atoms with Crippen molar-refractivity contribution in [2.45, 2.75) is 30.1 Å². The van der Waals surface area contributed by atoms with Gasteiger partial charge >= 0.3 is 6.18 Å². The fourth-order valence-electron chi connectivity index (χ4n) is 1.47. The van der Waals surface area contributed by atoms with E-state index in [1.165, 1.54) is 24.3 Å². The zero-order valence-corrected chi connectivity index (χ0v) is 11.4. The average molecular weight is 312 g/mol. The second-order valence-corrected chi connectivity index (χ2v) is 5.86. The first-order valence-electron chi connectivity index (χ1n) is 5.62. The molecule has 9 heteroatoms. The molecule has 0 aliphatic carbocycles. The molecule has 0 saturated heterocycles. The molecule has 0 heterocycles. The van der Waals surface area contributed by atoms with Crippen LogP contribution in [-0.4, -0.2) is 32.3 Å². The van der Waals surface area contributed by atoms with E-state index in [0.717, 1.165) is 0 Å². The predicted octanol–water partition coefficient (Wildman–Crippen LogP) is 0.908. The second kappa shape index (κ2) is 6.08. The molecule has 0 aliphatic rings. The van der Waals surface area contributed by atoms with Crippen LogP contribution < -0.4 is 10.5 Å². The molecule has 114 valence electrons. The quantitative estimate of drug-likeness (QED) is 0.753. The maximum Gasteiger partial charge on any atom is 0.415 e. The van der Waals surface area contributed by atoms with Crippen LogP contribution in [0, 0.1) is 0 Å². The molecule has 5 nitrogen and oxygen atoms in total. The minimum absolute atomic E-state index is 0.0798. The Morgan fingerprint density at radius 3 is 2.20 bits per heavy atom. The smallest absolute Gasteiger partial charge is 0.382 e. The van der Waals surface area contributed by atoms with E-state index in [2.05, 4.69) is 5.32 Å². The van der Waals surface area contributed by atoms with Crippen molar-refractivity contribution in [2.75, 3.05) is 6.54 Å². The Balaban J connectivity index is 2.67. The summed E-state index contributed by atoms with van der Waals surface area (Å²) >= 11 is 0. The summed E-state index contributed by atoms with van der Waals surface area (Å²) in [5, 5.41) is 16.3. The largest absolute Gasteiger partial charge is 0.415 e. The minimum atomic E-state index is -4.68. The summed E-state index contributed by atoms with van der Waals surface area (Å²) in [7, 11) is -3.80. The van der Waals surface area contributed by atoms with Crippen LogP contribution in [0.2, 0.25) is 0 Å². The number of hydrogen-bond acceptors (Lipinski definition) is 4. The molecule has 0 aliphatic heterocycles. The standard InChI is InChI=1S/C11H15F3N2O3S/c1-7(16-6-10(17)11(12,13)14)8-2-4-9(5-3-8)20(15,18)19/h2-5,7,10,16-17H,6H2,1H3,(H2,15,18,19). The van der Waals surface area contributed by atoms with Gasteiger partial charge in [-0.25, -0.2) is 13.6 Å². The van der Waals surface area contributed by atoms with Gasteiger partial charge < -0.3 is 10.4 Å². The van der Waals surface area contributed by atoms with Crippen molar-refractivity contribution in [3.05, 3.63) is 29.8 Å². The summed E-state index contributed by atoms with van der Waals surface area (Å²) in [6.45, 7) is 0.941. The van der Waals surface area contributed by atoms with Crippen molar-refractivity contribution in [1.82, 2.24) is 5.32 Å². The number of alkyl halides is 3. The fourth-order valence-corrected chi connectivity index (χ4v) is 1.98. The molecule has 0 aromatic heterocycles. The topological polar surface area (TPSA) is 92.4 Å². The molecule has 0 radical (unpaired) electrons. The molecule has 2 atom stereocenters. The van der Waals surface area contributed by atoms with Crippen LogP contribution in [0.1, 0.15) is 18.5 Å². The normalized spacial score (nSPS) is 15.9. The molecule has 1 aromatic carbocycles. The third kappa shape index (κ3) is 4.75. The molecule has 20 heavy (non-hydrogen) atoms. The highest BCUT2D eigenvalue weighted by Crippen LogP contribution is 2.21. The van der Waals surface area contributed by atoms with Gasteiger partial charge in [0.1, 0.15) is 0 Å². The summed E-state index contributed by atoms with van der Waals surface area (Å²) in [5.41, 5.74) is 0.576. The van der Waals surface area contributed by atoms with Crippen LogP contribution in [-0.2, 0) is 10.0 Å². The van der Waals surface area contributed by atoms with Gasteiger partial charge in [0, 0.05) is 12.6 Å². The number of nitrogens with two attached hydrogens (primary N) is 1. The Morgan fingerprint density at radius 2 is 1.80 bits per heavy atom. The molecular weight excluding hydrogens is 297 g/mol. The Morgan fingerprint density at radius 1 is 1.30 bits per heavy atom. The number of benzene rings is 1. The van der Waals surface area contributed by atoms with Gasteiger partial charge in [-0.3, -0.25) is 0 Å². The number of halogens is 3. The van der Waals surface area contributed by atoms with Gasteiger partial charge in [-0.1, -0.05) is 12.1 Å². The van der Waals surface area contributed by atoms with E-state index in [-0.39, 0.29) is 4.90 Å². The second-order valence-electron chi connectivity index (χ2n) is 4.30. The first-order chi connectivity index (χ1) is 9.01. The summed E-state index contributed by atoms with van der Waals surface area (Å²) < 4.78 is 58.4. The van der Waals surface area contributed by atoms with Gasteiger partial charge in [-0.15, -0.1) is 0 Å². The highest BCUT2D eigenvalue weighted by atomic mass is 32.2. The van der Waals surface area contributed by atoms with E-state index in [0.29, 0.717) is 5.56 Å². The van der Waals surface area contributed by atoms with Crippen molar-refractivity contribution in [1.29, 1.82) is 0 Å². The molecule has 1 rings (SSSR count). The van der Waals surface area contributed by atoms with Crippen LogP contribution in [0.15, 0.2) is 29.2 Å². The average Bonchev–Trinajstić information content (AvgIpc) is 2.33. The van der Waals surface area contributed by atoms with Crippen molar-refractivity contribution < 1.29 is 26.7 Å². The highest BCUT2D eigenvalue weighted by molar-refractivity contribution is 7.89. The highest BCUT2D eigenvalue weighted by Gasteiger charge is 2.37. The van der Waals surface area contributed by atoms with Crippen LogP contribution in [0.25, 0.3) is 0 Å². The molecule has 0 bridgehead atoms. The van der Waals surface area contributed by atoms with Gasteiger partial charge in [-0.05, 0) is 24.6 Å².